The molecule has 30 nitrogen and oxygen atoms in total. The molecular formula is C91H106F7IN22O8S2. The van der Waals surface area contributed by atoms with E-state index < -0.39 is 48.5 Å². The number of thiocarbonyl (C=S) groups is 1. The summed E-state index contributed by atoms with van der Waals surface area (Å²) in [5.74, 6) is 12.1. The fourth-order valence-electron chi connectivity index (χ4n) is 9.30. The van der Waals surface area contributed by atoms with E-state index in [1.165, 1.54) is 38.6 Å². The Morgan fingerprint density at radius 2 is 0.962 bits per heavy atom. The van der Waals surface area contributed by atoms with Crippen LogP contribution in [0.4, 0.5) is 30.7 Å². The normalized spacial score (nSPS) is 10.3. The molecule has 0 fully saturated rings. The molecule has 0 atom stereocenters. The zero-order valence-corrected chi connectivity index (χ0v) is 78.1. The predicted octanol–water partition coefficient (Wildman–Crippen LogP) is 16.7. The first-order valence-corrected chi connectivity index (χ1v) is 41.5. The number of aliphatic carboxylic acids is 1. The molecule has 0 saturated heterocycles. The lowest BCUT2D eigenvalue weighted by atomic mass is 10.1. The fraction of sp³-hybridized carbons (Fsp3) is 0.231. The van der Waals surface area contributed by atoms with Gasteiger partial charge in [-0.05, 0) is 206 Å². The molecule has 131 heavy (non-hydrogen) atoms. The smallest absolute Gasteiger partial charge is 0.416 e. The number of thioether (sulfide) groups is 1. The number of hydrogen-bond donors (Lipinski definition) is 9. The molecule has 0 radical (unpaired) electrons. The zero-order chi connectivity index (χ0) is 99.9. The first-order valence-electron chi connectivity index (χ1n) is 38.4. The summed E-state index contributed by atoms with van der Waals surface area (Å²) in [7, 11) is -1.00. The Hall–Kier alpha value is -14.4. The highest BCUT2D eigenvalue weighted by atomic mass is 127. The Bertz CT molecular complexity index is 5410. The van der Waals surface area contributed by atoms with Gasteiger partial charge < -0.3 is 41.7 Å². The van der Waals surface area contributed by atoms with Gasteiger partial charge in [0.25, 0.3) is 5.97 Å². The number of aromatic nitrogens is 8. The molecular weight excluding hydrogens is 1850 g/mol. The van der Waals surface area contributed by atoms with Gasteiger partial charge in [-0.3, -0.25) is 72.1 Å². The average Bonchev–Trinajstić information content (AvgIpc) is 1.40. The van der Waals surface area contributed by atoms with E-state index in [1.54, 1.807) is 117 Å². The van der Waals surface area contributed by atoms with E-state index in [0.29, 0.717) is 86.4 Å². The number of nitrogens with zero attached hydrogens (tertiary/aromatic N) is 14. The van der Waals surface area contributed by atoms with Crippen LogP contribution in [0.25, 0.3) is 39.9 Å². The number of carboxylic acid groups (broad SMARTS) is 1. The van der Waals surface area contributed by atoms with Crippen LogP contribution in [0, 0.1) is 104 Å². The molecule has 0 saturated carbocycles. The molecule has 6 heterocycles. The first-order chi connectivity index (χ1) is 62.3. The van der Waals surface area contributed by atoms with Gasteiger partial charge in [-0.15, -0.1) is 16.9 Å². The van der Waals surface area contributed by atoms with Crippen LogP contribution < -0.4 is 39.8 Å². The number of carbonyl (C=O) groups is 3. The summed E-state index contributed by atoms with van der Waals surface area (Å²) in [6.45, 7) is 22.8. The lowest BCUT2D eigenvalue weighted by Gasteiger charge is -2.10. The molecule has 0 aliphatic heterocycles. The van der Waals surface area contributed by atoms with Gasteiger partial charge >= 0.3 is 24.3 Å². The number of ether oxygens (including phenoxy) is 3. The number of amidine groups is 1. The molecule has 10 aromatic rings. The minimum Gasteiger partial charge on any atom is -0.500 e. The number of halogens is 8. The summed E-state index contributed by atoms with van der Waals surface area (Å²) in [5, 5.41) is 67.7. The van der Waals surface area contributed by atoms with Gasteiger partial charge in [0.2, 0.25) is 0 Å². The second kappa shape index (κ2) is 72.6. The predicted molar refractivity (Wildman–Crippen MR) is 510 cm³/mol. The maximum Gasteiger partial charge on any atom is 0.416 e. The number of nitrogens with two attached hydrogens (primary N) is 5. The van der Waals surface area contributed by atoms with Crippen LogP contribution in [0.5, 0.6) is 0 Å². The first kappa shape index (κ1) is 121. The highest BCUT2D eigenvalue weighted by molar-refractivity contribution is 14.1. The zero-order valence-electron chi connectivity index (χ0n) is 75.3. The van der Waals surface area contributed by atoms with E-state index in [1.807, 2.05) is 144 Å². The number of allylic oxidation sites excluding steroid dienone is 4. The van der Waals surface area contributed by atoms with Crippen molar-refractivity contribution < 1.29 is 71.3 Å². The van der Waals surface area contributed by atoms with Gasteiger partial charge in [0.15, 0.2) is 11.7 Å². The van der Waals surface area contributed by atoms with Crippen LogP contribution in [0.2, 0.25) is 0 Å². The van der Waals surface area contributed by atoms with Gasteiger partial charge in [-0.25, -0.2) is 9.67 Å². The van der Waals surface area contributed by atoms with E-state index >= 15 is 0 Å². The number of hydrogen-bond acceptors (Lipinski definition) is 27. The monoisotopic (exact) mass is 1960 g/mol. The molecule has 0 aliphatic rings. The minimum absolute atomic E-state index is 0. The van der Waals surface area contributed by atoms with Crippen molar-refractivity contribution in [3.8, 4) is 41.7 Å². The van der Waals surface area contributed by atoms with Crippen molar-refractivity contribution in [2.45, 2.75) is 102 Å². The number of benzene rings is 4. The third kappa shape index (κ3) is 56.4. The molecule has 0 amide bonds. The maximum atomic E-state index is 12.4. The van der Waals surface area contributed by atoms with Crippen LogP contribution in [-0.2, 0) is 47.4 Å². The van der Waals surface area contributed by atoms with Crippen molar-refractivity contribution >= 4 is 109 Å². The summed E-state index contributed by atoms with van der Waals surface area (Å²) >= 11 is 7.89. The number of alkyl halides is 8. The van der Waals surface area contributed by atoms with E-state index in [9.17, 15) is 45.6 Å². The molecule has 10 rings (SSSR count). The third-order valence-corrected chi connectivity index (χ3v) is 15.1. The van der Waals surface area contributed by atoms with Crippen LogP contribution in [-0.4, -0.2) is 122 Å². The van der Waals surface area contributed by atoms with Crippen LogP contribution >= 0.6 is 46.6 Å². The number of aryl methyl sites for hydroxylation is 6. The number of hydrazone groups is 1. The van der Waals surface area contributed by atoms with Gasteiger partial charge in [-0.2, -0.15) is 57.8 Å². The van der Waals surface area contributed by atoms with Gasteiger partial charge in [0, 0.05) is 99.6 Å². The lowest BCUT2D eigenvalue weighted by Crippen LogP contribution is -2.17. The number of esters is 2. The number of nitriles is 5. The largest absolute Gasteiger partial charge is 0.500 e. The van der Waals surface area contributed by atoms with Gasteiger partial charge in [0.1, 0.15) is 47.4 Å². The average molecular weight is 1960 g/mol. The second-order valence-electron chi connectivity index (χ2n) is 24.7. The van der Waals surface area contributed by atoms with E-state index in [0.717, 1.165) is 95.2 Å². The standard InChI is InChI=1S/C18H15N5.C17H17N5.C10H10F3NS.C10H10N2O.C9H8F3NS.C8H8N4.C7H6N2.C4H6O3.C4H10O.C2H4O2.CH3F.CH3I.H4N2.H2O/c1-13-7-14(2)9-15(8-13)18-21-12-23(22-18)11-16(10-19)17-5-3-4-6-20-17;1-12-7-13(2)9-14(8-12)17(19)22-21-11-15(10-18)16-5-3-4-6-20-16;1-6-3-7(9(14)15-2)5-8(4-6)10(11,12)13;1-2-13-8-9(7-11)10-5-3-4-6-12-10;1-5-2-6(8(13)14)4-7(3-5)9(10,11)12;9-5-7(6-12-10)8-3-1-2-4-11-8;8-5-4-7-3-1-2-6-9-7;1-3(5)7-4(2)6;1-3-5-4-2;1-2(3)4;3*1-2;/h3-9,11-12H,1-2H3;3-9,11,21H,1-2H3,(H2,19,22);3-5,14H,1-2H3;3-6,8H,2H2,1H3;2-4H,1H3,(H2,13,14);1-4,6,12H,10H2;1-3,6H,4H2;1-2H3;3-4H2,1-2H3;1H3,(H,3,4);2*1H3;1-2H2;1H2/i;;;;;;;;;;1D;;;. The number of pyridine rings is 5. The SMILES string of the molecule is CC(=O)O.CC(=O)OC(C)=O.CCOC=C(C#N)c1ccccn1.CCOCC.CI.CSC(=N)c1cc(C)cc(C(F)(F)F)c1.Cc1cc(C(N)=S)cc(C(F)(F)F)c1.Cc1cc(C)cc(-c2ncn(C=C(C#N)c3ccccn3)n2)c1.Cc1cc(C)cc(C(N)=NNC=C(C#N)c2ccccn2)c1.N#CC(=CNN)c1ccccn1.N#CCc1ccccn1.NN.O.[2H]CF. The Balaban J connectivity index is -0.000000705. The highest BCUT2D eigenvalue weighted by Gasteiger charge is 2.32. The number of carbonyl (C=O) groups excluding carboxylic acids is 2. The molecule has 16 N–H and O–H groups in total. The Morgan fingerprint density at radius 1 is 0.588 bits per heavy atom. The Kier molecular flexibility index (Phi) is 66.9. The number of rotatable bonds is 17. The van der Waals surface area contributed by atoms with Crippen LogP contribution in [0.1, 0.15) is 133 Å². The molecule has 696 valence electrons. The Morgan fingerprint density at radius 3 is 1.30 bits per heavy atom. The van der Waals surface area contributed by atoms with Gasteiger partial charge in [0.05, 0.1) is 95.2 Å². The van der Waals surface area contributed by atoms with Crippen molar-refractivity contribution in [2.24, 2.45) is 34.1 Å². The summed E-state index contributed by atoms with van der Waals surface area (Å²) in [4.78, 5) is 55.2. The summed E-state index contributed by atoms with van der Waals surface area (Å²) in [6, 6.07) is 56.7. The molecule has 4 aromatic carbocycles. The number of hydrazine groups is 2. The van der Waals surface area contributed by atoms with Crippen molar-refractivity contribution in [2.75, 3.05) is 38.2 Å². The summed E-state index contributed by atoms with van der Waals surface area (Å²) < 4.78 is 105. The molecule has 0 bridgehead atoms. The fourth-order valence-corrected chi connectivity index (χ4v) is 9.77. The third-order valence-electron chi connectivity index (χ3n) is 14.2. The Labute approximate surface area is 782 Å². The molecule has 0 unspecified atom stereocenters. The van der Waals surface area contributed by atoms with Gasteiger partial charge in [-0.1, -0.05) is 99.5 Å². The quantitative estimate of drug-likeness (QED) is 0.00332. The molecule has 0 aliphatic carbocycles. The number of carboxylic acids is 1. The van der Waals surface area contributed by atoms with Crippen molar-refractivity contribution in [1.82, 2.24) is 50.5 Å². The topological polar surface area (TPSA) is 535 Å². The maximum absolute atomic E-state index is 12.4. The summed E-state index contributed by atoms with van der Waals surface area (Å²) in [5.41, 5.74) is 27.7. The molecule has 40 heteroatoms. The van der Waals surface area contributed by atoms with Crippen molar-refractivity contribution in [3.05, 3.63) is 309 Å². The lowest BCUT2D eigenvalue weighted by molar-refractivity contribution is -0.156. The van der Waals surface area contributed by atoms with Crippen LogP contribution in [0.15, 0.2) is 225 Å². The van der Waals surface area contributed by atoms with Crippen molar-refractivity contribution in [1.29, 1.82) is 31.7 Å². The van der Waals surface area contributed by atoms with E-state index in [-0.39, 0.29) is 21.1 Å². The molecule has 6 aromatic heterocycles. The van der Waals surface area contributed by atoms with Crippen LogP contribution in [0.3, 0.4) is 0 Å². The van der Waals surface area contributed by atoms with E-state index in [4.69, 9.17) is 64.5 Å². The second-order valence-corrected chi connectivity index (χ2v) is 25.9. The van der Waals surface area contributed by atoms with E-state index in [2.05, 4.69) is 126 Å². The summed E-state index contributed by atoms with van der Waals surface area (Å²) in [6.07, 6.45) is 9.15. The number of nitrogens with one attached hydrogen (secondary N) is 3. The highest BCUT2D eigenvalue weighted by Crippen LogP contribution is 2.32. The minimum atomic E-state index is -4.36. The molecule has 0 spiro atoms. The van der Waals surface area contributed by atoms with Crippen molar-refractivity contribution in [3.63, 3.8) is 0 Å².